The van der Waals surface area contributed by atoms with Crippen LogP contribution in [0.1, 0.15) is 15.9 Å². The molecule has 4 aromatic rings. The Labute approximate surface area is 204 Å². The van der Waals surface area contributed by atoms with Crippen molar-refractivity contribution in [1.82, 2.24) is 10.2 Å². The average molecular weight is 466 g/mol. The SMILES string of the molecule is O=C(Nc1ccc(N2CCOCC2)cc1)c1cccc(-c2ccc(NCc3ccccc3)nn2)c1. The van der Waals surface area contributed by atoms with Gasteiger partial charge in [0.15, 0.2) is 0 Å². The monoisotopic (exact) mass is 465 g/mol. The maximum Gasteiger partial charge on any atom is 0.255 e. The smallest absolute Gasteiger partial charge is 0.255 e. The number of nitrogens with one attached hydrogen (secondary N) is 2. The Morgan fingerprint density at radius 2 is 1.66 bits per heavy atom. The Morgan fingerprint density at radius 1 is 0.857 bits per heavy atom. The standard InChI is InChI=1S/C28H27N5O2/c34-28(30-24-9-11-25(12-10-24)33-15-17-35-18-16-33)23-8-4-7-22(19-23)26-13-14-27(32-31-26)29-20-21-5-2-1-3-6-21/h1-14,19H,15-18,20H2,(H,29,32)(H,30,34). The first kappa shape index (κ1) is 22.6. The van der Waals surface area contributed by atoms with E-state index in [0.29, 0.717) is 23.6 Å². The first-order valence-electron chi connectivity index (χ1n) is 11.7. The molecule has 35 heavy (non-hydrogen) atoms. The van der Waals surface area contributed by atoms with Crippen LogP contribution in [0.15, 0.2) is 91.0 Å². The number of benzene rings is 3. The van der Waals surface area contributed by atoms with Crippen LogP contribution in [0.25, 0.3) is 11.3 Å². The molecule has 2 heterocycles. The fourth-order valence-electron chi connectivity index (χ4n) is 3.97. The molecule has 7 nitrogen and oxygen atoms in total. The molecule has 0 unspecified atom stereocenters. The number of hydrogen-bond donors (Lipinski definition) is 2. The van der Waals surface area contributed by atoms with Crippen molar-refractivity contribution in [2.45, 2.75) is 6.54 Å². The van der Waals surface area contributed by atoms with Gasteiger partial charge < -0.3 is 20.3 Å². The number of carbonyl (C=O) groups excluding carboxylic acids is 1. The van der Waals surface area contributed by atoms with Gasteiger partial charge in [0.2, 0.25) is 0 Å². The molecule has 1 fully saturated rings. The fraction of sp³-hybridized carbons (Fsp3) is 0.179. The van der Waals surface area contributed by atoms with Gasteiger partial charge in [-0.1, -0.05) is 42.5 Å². The van der Waals surface area contributed by atoms with E-state index >= 15 is 0 Å². The molecule has 3 aromatic carbocycles. The zero-order valence-corrected chi connectivity index (χ0v) is 19.4. The molecule has 0 radical (unpaired) electrons. The van der Waals surface area contributed by atoms with Crippen LogP contribution in [0.4, 0.5) is 17.2 Å². The maximum atomic E-state index is 12.9. The van der Waals surface area contributed by atoms with Gasteiger partial charge in [-0.15, -0.1) is 10.2 Å². The molecule has 1 saturated heterocycles. The van der Waals surface area contributed by atoms with Crippen LogP contribution >= 0.6 is 0 Å². The van der Waals surface area contributed by atoms with Crippen LogP contribution in [0.2, 0.25) is 0 Å². The number of aromatic nitrogens is 2. The molecule has 2 N–H and O–H groups in total. The van der Waals surface area contributed by atoms with Crippen LogP contribution in [-0.2, 0) is 11.3 Å². The molecule has 0 saturated carbocycles. The van der Waals surface area contributed by atoms with E-state index in [2.05, 4.69) is 37.9 Å². The maximum absolute atomic E-state index is 12.9. The molecule has 176 valence electrons. The van der Waals surface area contributed by atoms with Crippen molar-refractivity contribution in [3.05, 3.63) is 102 Å². The second-order valence-corrected chi connectivity index (χ2v) is 8.32. The zero-order chi connectivity index (χ0) is 23.9. The van der Waals surface area contributed by atoms with E-state index in [0.717, 1.165) is 43.2 Å². The average Bonchev–Trinajstić information content (AvgIpc) is 2.94. The van der Waals surface area contributed by atoms with E-state index in [4.69, 9.17) is 4.74 Å². The van der Waals surface area contributed by atoms with Crippen molar-refractivity contribution in [2.24, 2.45) is 0 Å². The molecule has 0 spiro atoms. The second-order valence-electron chi connectivity index (χ2n) is 8.32. The fourth-order valence-corrected chi connectivity index (χ4v) is 3.97. The summed E-state index contributed by atoms with van der Waals surface area (Å²) in [5.41, 5.74) is 5.17. The van der Waals surface area contributed by atoms with Crippen LogP contribution in [-0.4, -0.2) is 42.4 Å². The van der Waals surface area contributed by atoms with E-state index in [1.807, 2.05) is 72.8 Å². The summed E-state index contributed by atoms with van der Waals surface area (Å²) in [6, 6.07) is 29.3. The third-order valence-corrected chi connectivity index (χ3v) is 5.90. The lowest BCUT2D eigenvalue weighted by Crippen LogP contribution is -2.36. The summed E-state index contributed by atoms with van der Waals surface area (Å²) in [7, 11) is 0. The van der Waals surface area contributed by atoms with Crippen molar-refractivity contribution in [1.29, 1.82) is 0 Å². The van der Waals surface area contributed by atoms with Gasteiger partial charge in [0, 0.05) is 42.1 Å². The van der Waals surface area contributed by atoms with Crippen LogP contribution in [0, 0.1) is 0 Å². The highest BCUT2D eigenvalue weighted by Gasteiger charge is 2.12. The molecule has 1 aliphatic rings. The van der Waals surface area contributed by atoms with Crippen LogP contribution in [0.3, 0.4) is 0 Å². The van der Waals surface area contributed by atoms with Gasteiger partial charge >= 0.3 is 0 Å². The lowest BCUT2D eigenvalue weighted by Gasteiger charge is -2.28. The van der Waals surface area contributed by atoms with E-state index in [9.17, 15) is 4.79 Å². The number of morpholine rings is 1. The molecular weight excluding hydrogens is 438 g/mol. The molecule has 1 aromatic heterocycles. The first-order chi connectivity index (χ1) is 17.2. The Hall–Kier alpha value is -4.23. The van der Waals surface area contributed by atoms with E-state index in [1.54, 1.807) is 6.07 Å². The second kappa shape index (κ2) is 10.8. The first-order valence-corrected chi connectivity index (χ1v) is 11.7. The van der Waals surface area contributed by atoms with Gasteiger partial charge in [-0.2, -0.15) is 0 Å². The molecule has 1 aliphatic heterocycles. The normalized spacial score (nSPS) is 13.3. The predicted octanol–water partition coefficient (Wildman–Crippen LogP) is 4.84. The molecule has 0 bridgehead atoms. The molecule has 0 atom stereocenters. The molecular formula is C28H27N5O2. The number of ether oxygens (including phenoxy) is 1. The number of anilines is 3. The molecule has 7 heteroatoms. The predicted molar refractivity (Wildman–Crippen MR) is 139 cm³/mol. The van der Waals surface area contributed by atoms with Crippen LogP contribution in [0.5, 0.6) is 0 Å². The summed E-state index contributed by atoms with van der Waals surface area (Å²) < 4.78 is 5.41. The summed E-state index contributed by atoms with van der Waals surface area (Å²) in [5.74, 6) is 0.534. The quantitative estimate of drug-likeness (QED) is 0.406. The van der Waals surface area contributed by atoms with E-state index < -0.39 is 0 Å². The van der Waals surface area contributed by atoms with Gasteiger partial charge in [0.1, 0.15) is 5.82 Å². The van der Waals surface area contributed by atoms with Crippen molar-refractivity contribution in [3.8, 4) is 11.3 Å². The highest BCUT2D eigenvalue weighted by molar-refractivity contribution is 6.05. The summed E-state index contributed by atoms with van der Waals surface area (Å²) in [5, 5.41) is 14.9. The molecule has 5 rings (SSSR count). The highest BCUT2D eigenvalue weighted by Crippen LogP contribution is 2.22. The summed E-state index contributed by atoms with van der Waals surface area (Å²) in [6.45, 7) is 3.92. The van der Waals surface area contributed by atoms with Gasteiger partial charge in [0.05, 0.1) is 18.9 Å². The number of carbonyl (C=O) groups is 1. The number of rotatable bonds is 7. The zero-order valence-electron chi connectivity index (χ0n) is 19.4. The summed E-state index contributed by atoms with van der Waals surface area (Å²) in [4.78, 5) is 15.2. The van der Waals surface area contributed by atoms with Crippen molar-refractivity contribution in [3.63, 3.8) is 0 Å². The number of nitrogens with zero attached hydrogens (tertiary/aromatic N) is 3. The highest BCUT2D eigenvalue weighted by atomic mass is 16.5. The molecule has 1 amide bonds. The van der Waals surface area contributed by atoms with E-state index in [-0.39, 0.29) is 5.91 Å². The Kier molecular flexibility index (Phi) is 6.96. The van der Waals surface area contributed by atoms with Crippen molar-refractivity contribution < 1.29 is 9.53 Å². The Balaban J connectivity index is 1.21. The minimum atomic E-state index is -0.167. The number of hydrogen-bond acceptors (Lipinski definition) is 6. The summed E-state index contributed by atoms with van der Waals surface area (Å²) in [6.07, 6.45) is 0. The number of amides is 1. The largest absolute Gasteiger partial charge is 0.378 e. The van der Waals surface area contributed by atoms with Crippen LogP contribution < -0.4 is 15.5 Å². The Bertz CT molecular complexity index is 1250. The minimum Gasteiger partial charge on any atom is -0.378 e. The third kappa shape index (κ3) is 5.83. The van der Waals surface area contributed by atoms with Gasteiger partial charge in [0.25, 0.3) is 5.91 Å². The van der Waals surface area contributed by atoms with Gasteiger partial charge in [-0.05, 0) is 54.1 Å². The lowest BCUT2D eigenvalue weighted by atomic mass is 10.1. The van der Waals surface area contributed by atoms with Gasteiger partial charge in [-0.3, -0.25) is 4.79 Å². The topological polar surface area (TPSA) is 79.4 Å². The minimum absolute atomic E-state index is 0.167. The Morgan fingerprint density at radius 3 is 2.40 bits per heavy atom. The van der Waals surface area contributed by atoms with Gasteiger partial charge in [-0.25, -0.2) is 0 Å². The van der Waals surface area contributed by atoms with E-state index in [1.165, 1.54) is 5.56 Å². The van der Waals surface area contributed by atoms with Crippen molar-refractivity contribution in [2.75, 3.05) is 41.8 Å². The summed E-state index contributed by atoms with van der Waals surface area (Å²) >= 11 is 0. The molecule has 0 aliphatic carbocycles. The van der Waals surface area contributed by atoms with Crippen molar-refractivity contribution >= 4 is 23.1 Å². The lowest BCUT2D eigenvalue weighted by molar-refractivity contribution is 0.102. The third-order valence-electron chi connectivity index (χ3n) is 5.90.